The zero-order valence-corrected chi connectivity index (χ0v) is 16.1. The summed E-state index contributed by atoms with van der Waals surface area (Å²) in [6, 6.07) is 13.4. The van der Waals surface area contributed by atoms with E-state index in [1.165, 1.54) is 0 Å². The molecule has 2 aromatic carbocycles. The van der Waals surface area contributed by atoms with Crippen molar-refractivity contribution in [2.75, 3.05) is 38.5 Å². The fraction of sp³-hybridized carbons (Fsp3) is 0.250. The summed E-state index contributed by atoms with van der Waals surface area (Å²) in [5.74, 6) is 3.17. The fourth-order valence-corrected chi connectivity index (χ4v) is 2.72. The van der Waals surface area contributed by atoms with E-state index >= 15 is 0 Å². The second-order valence-electron chi connectivity index (χ2n) is 5.85. The van der Waals surface area contributed by atoms with Crippen LogP contribution >= 0.6 is 0 Å². The number of benzene rings is 2. The Hall–Kier alpha value is -3.55. The second-order valence-corrected chi connectivity index (χ2v) is 5.85. The van der Waals surface area contributed by atoms with E-state index in [-0.39, 0.29) is 0 Å². The fourth-order valence-electron chi connectivity index (χ4n) is 2.72. The molecule has 146 valence electrons. The summed E-state index contributed by atoms with van der Waals surface area (Å²) in [6.07, 6.45) is 2.34. The molecule has 2 N–H and O–H groups in total. The van der Waals surface area contributed by atoms with E-state index in [0.29, 0.717) is 29.8 Å². The number of hydrogen-bond donors (Lipinski definition) is 2. The minimum atomic E-state index is 0.445. The van der Waals surface area contributed by atoms with Gasteiger partial charge < -0.3 is 24.8 Å². The predicted molar refractivity (Wildman–Crippen MR) is 108 cm³/mol. The SMILES string of the molecule is COc1ccccc1CCNc1nncc(Nc2ccc(OC)c(OC)c2)n1. The number of hydrogen-bond acceptors (Lipinski definition) is 8. The maximum absolute atomic E-state index is 5.37. The van der Waals surface area contributed by atoms with Gasteiger partial charge in [-0.2, -0.15) is 10.1 Å². The summed E-state index contributed by atoms with van der Waals surface area (Å²) in [4.78, 5) is 4.44. The number of ether oxygens (including phenoxy) is 3. The van der Waals surface area contributed by atoms with Gasteiger partial charge >= 0.3 is 0 Å². The third-order valence-electron chi connectivity index (χ3n) is 4.08. The molecule has 0 aliphatic carbocycles. The lowest BCUT2D eigenvalue weighted by Gasteiger charge is -2.11. The largest absolute Gasteiger partial charge is 0.496 e. The Labute approximate surface area is 163 Å². The minimum Gasteiger partial charge on any atom is -0.496 e. The molecule has 0 saturated carbocycles. The zero-order chi connectivity index (χ0) is 19.8. The van der Waals surface area contributed by atoms with Crippen LogP contribution in [-0.2, 0) is 6.42 Å². The second kappa shape index (κ2) is 9.40. The van der Waals surface area contributed by atoms with Gasteiger partial charge in [0.05, 0.1) is 27.5 Å². The Bertz CT molecular complexity index is 920. The Morgan fingerprint density at radius 1 is 0.893 bits per heavy atom. The van der Waals surface area contributed by atoms with Gasteiger partial charge in [0.15, 0.2) is 17.3 Å². The van der Waals surface area contributed by atoms with Crippen molar-refractivity contribution in [3.05, 3.63) is 54.2 Å². The number of rotatable bonds is 9. The van der Waals surface area contributed by atoms with Crippen LogP contribution in [0.15, 0.2) is 48.7 Å². The van der Waals surface area contributed by atoms with Crippen LogP contribution in [0, 0.1) is 0 Å². The normalized spacial score (nSPS) is 10.2. The first-order valence-corrected chi connectivity index (χ1v) is 8.78. The quantitative estimate of drug-likeness (QED) is 0.583. The monoisotopic (exact) mass is 381 g/mol. The zero-order valence-electron chi connectivity index (χ0n) is 16.1. The molecule has 0 saturated heterocycles. The van der Waals surface area contributed by atoms with Crippen LogP contribution in [0.4, 0.5) is 17.5 Å². The Morgan fingerprint density at radius 3 is 2.46 bits per heavy atom. The van der Waals surface area contributed by atoms with Crippen molar-refractivity contribution in [1.82, 2.24) is 15.2 Å². The topological polar surface area (TPSA) is 90.4 Å². The Balaban J connectivity index is 1.62. The summed E-state index contributed by atoms with van der Waals surface area (Å²) in [7, 11) is 4.86. The average Bonchev–Trinajstić information content (AvgIpc) is 2.74. The lowest BCUT2D eigenvalue weighted by atomic mass is 10.1. The predicted octanol–water partition coefficient (Wildman–Crippen LogP) is 3.30. The summed E-state index contributed by atoms with van der Waals surface area (Å²) < 4.78 is 15.9. The molecule has 0 atom stereocenters. The van der Waals surface area contributed by atoms with E-state index < -0.39 is 0 Å². The lowest BCUT2D eigenvalue weighted by molar-refractivity contribution is 0.355. The van der Waals surface area contributed by atoms with Crippen LogP contribution in [0.3, 0.4) is 0 Å². The molecule has 0 aliphatic heterocycles. The third-order valence-corrected chi connectivity index (χ3v) is 4.08. The first-order chi connectivity index (χ1) is 13.7. The van der Waals surface area contributed by atoms with Gasteiger partial charge in [-0.25, -0.2) is 0 Å². The van der Waals surface area contributed by atoms with Gasteiger partial charge in [-0.05, 0) is 30.2 Å². The summed E-state index contributed by atoms with van der Waals surface area (Å²) in [5, 5.41) is 14.4. The van der Waals surface area contributed by atoms with Gasteiger partial charge in [-0.3, -0.25) is 0 Å². The highest BCUT2D eigenvalue weighted by atomic mass is 16.5. The molecule has 3 rings (SSSR count). The van der Waals surface area contributed by atoms with E-state index in [0.717, 1.165) is 23.4 Å². The smallest absolute Gasteiger partial charge is 0.244 e. The van der Waals surface area contributed by atoms with Crippen molar-refractivity contribution in [3.8, 4) is 17.2 Å². The highest BCUT2D eigenvalue weighted by molar-refractivity contribution is 5.61. The number of para-hydroxylation sites is 1. The van der Waals surface area contributed by atoms with Gasteiger partial charge in [0.2, 0.25) is 5.95 Å². The molecule has 0 bridgehead atoms. The van der Waals surface area contributed by atoms with Crippen LogP contribution in [0.25, 0.3) is 0 Å². The molecular weight excluding hydrogens is 358 g/mol. The lowest BCUT2D eigenvalue weighted by Crippen LogP contribution is -2.10. The molecule has 28 heavy (non-hydrogen) atoms. The van der Waals surface area contributed by atoms with Crippen molar-refractivity contribution >= 4 is 17.5 Å². The summed E-state index contributed by atoms with van der Waals surface area (Å²) in [5.41, 5.74) is 1.92. The van der Waals surface area contributed by atoms with E-state index in [1.54, 1.807) is 27.5 Å². The standard InChI is InChI=1S/C20H23N5O3/c1-26-16-7-5-4-6-14(16)10-11-21-20-24-19(13-22-25-20)23-15-8-9-17(27-2)18(12-15)28-3/h4-9,12-13H,10-11H2,1-3H3,(H2,21,23,24,25). The highest BCUT2D eigenvalue weighted by Crippen LogP contribution is 2.30. The van der Waals surface area contributed by atoms with E-state index in [9.17, 15) is 0 Å². The number of nitrogens with one attached hydrogen (secondary N) is 2. The summed E-state index contributed by atoms with van der Waals surface area (Å²) in [6.45, 7) is 0.655. The first-order valence-electron chi connectivity index (χ1n) is 8.78. The number of nitrogens with zero attached hydrogens (tertiary/aromatic N) is 3. The molecule has 0 radical (unpaired) electrons. The molecule has 0 unspecified atom stereocenters. The van der Waals surface area contributed by atoms with Crippen molar-refractivity contribution in [2.24, 2.45) is 0 Å². The maximum Gasteiger partial charge on any atom is 0.244 e. The van der Waals surface area contributed by atoms with Gasteiger partial charge in [0.1, 0.15) is 5.75 Å². The molecule has 3 aromatic rings. The molecule has 0 aliphatic rings. The van der Waals surface area contributed by atoms with E-state index in [4.69, 9.17) is 14.2 Å². The maximum atomic E-state index is 5.37. The third kappa shape index (κ3) is 4.79. The van der Waals surface area contributed by atoms with Crippen LogP contribution < -0.4 is 24.8 Å². The van der Waals surface area contributed by atoms with Crippen LogP contribution in [-0.4, -0.2) is 43.1 Å². The van der Waals surface area contributed by atoms with Crippen LogP contribution in [0.2, 0.25) is 0 Å². The van der Waals surface area contributed by atoms with E-state index in [1.807, 2.05) is 42.5 Å². The van der Waals surface area contributed by atoms with Crippen molar-refractivity contribution in [2.45, 2.75) is 6.42 Å². The average molecular weight is 381 g/mol. The van der Waals surface area contributed by atoms with Crippen molar-refractivity contribution < 1.29 is 14.2 Å². The molecule has 1 aromatic heterocycles. The van der Waals surface area contributed by atoms with Gasteiger partial charge in [-0.1, -0.05) is 18.2 Å². The van der Waals surface area contributed by atoms with Crippen molar-refractivity contribution in [3.63, 3.8) is 0 Å². The molecule has 8 nitrogen and oxygen atoms in total. The first kappa shape index (κ1) is 19.2. The molecular formula is C20H23N5O3. The number of anilines is 3. The highest BCUT2D eigenvalue weighted by Gasteiger charge is 2.07. The molecule has 0 fully saturated rings. The number of methoxy groups -OCH3 is 3. The van der Waals surface area contributed by atoms with Crippen LogP contribution in [0.1, 0.15) is 5.56 Å². The molecule has 8 heteroatoms. The molecule has 0 spiro atoms. The molecule has 1 heterocycles. The van der Waals surface area contributed by atoms with Gasteiger partial charge in [0, 0.05) is 18.3 Å². The van der Waals surface area contributed by atoms with Crippen LogP contribution in [0.5, 0.6) is 17.2 Å². The van der Waals surface area contributed by atoms with E-state index in [2.05, 4.69) is 25.8 Å². The Morgan fingerprint density at radius 2 is 1.68 bits per heavy atom. The minimum absolute atomic E-state index is 0.445. The van der Waals surface area contributed by atoms with Gasteiger partial charge in [-0.15, -0.1) is 5.10 Å². The number of aromatic nitrogens is 3. The summed E-state index contributed by atoms with van der Waals surface area (Å²) >= 11 is 0. The van der Waals surface area contributed by atoms with Crippen molar-refractivity contribution in [1.29, 1.82) is 0 Å². The van der Waals surface area contributed by atoms with Gasteiger partial charge in [0.25, 0.3) is 0 Å². The molecule has 0 amide bonds. The Kier molecular flexibility index (Phi) is 6.46.